The smallest absolute Gasteiger partial charge is 0.122 e. The summed E-state index contributed by atoms with van der Waals surface area (Å²) in [6.07, 6.45) is 1.47. The van der Waals surface area contributed by atoms with Gasteiger partial charge in [-0.2, -0.15) is 0 Å². The van der Waals surface area contributed by atoms with E-state index >= 15 is 0 Å². The molecule has 20 heavy (non-hydrogen) atoms. The Balaban J connectivity index is 2.25. The lowest BCUT2D eigenvalue weighted by molar-refractivity contribution is 0.180. The highest BCUT2D eigenvalue weighted by molar-refractivity contribution is 5.77. The maximum Gasteiger partial charge on any atom is 0.122 e. The van der Waals surface area contributed by atoms with Crippen LogP contribution in [0.5, 0.6) is 5.75 Å². The molecule has 1 aliphatic rings. The van der Waals surface area contributed by atoms with Gasteiger partial charge in [-0.05, 0) is 66.1 Å². The minimum Gasteiger partial charge on any atom is -0.496 e. The van der Waals surface area contributed by atoms with E-state index in [1.54, 1.807) is 7.11 Å². The Labute approximate surface area is 120 Å². The zero-order chi connectivity index (χ0) is 14.3. The van der Waals surface area contributed by atoms with E-state index < -0.39 is 0 Å². The van der Waals surface area contributed by atoms with Gasteiger partial charge >= 0.3 is 0 Å². The summed E-state index contributed by atoms with van der Waals surface area (Å²) in [6.45, 7) is 4.23. The van der Waals surface area contributed by atoms with Gasteiger partial charge < -0.3 is 9.84 Å². The number of benzene rings is 2. The minimum absolute atomic E-state index is 0.309. The van der Waals surface area contributed by atoms with Gasteiger partial charge in [-0.1, -0.05) is 24.3 Å². The molecule has 0 aromatic heterocycles. The van der Waals surface area contributed by atoms with E-state index in [0.29, 0.717) is 0 Å². The van der Waals surface area contributed by atoms with Crippen molar-refractivity contribution in [2.24, 2.45) is 0 Å². The van der Waals surface area contributed by atoms with Crippen LogP contribution in [-0.4, -0.2) is 12.2 Å². The number of aliphatic hydroxyl groups is 1. The normalized spacial score (nSPS) is 17.1. The highest BCUT2D eigenvalue weighted by Gasteiger charge is 2.24. The van der Waals surface area contributed by atoms with Crippen LogP contribution >= 0.6 is 0 Å². The predicted octanol–water partition coefficient (Wildman–Crippen LogP) is 3.96. The quantitative estimate of drug-likeness (QED) is 0.893. The van der Waals surface area contributed by atoms with Crippen LogP contribution in [-0.2, 0) is 6.42 Å². The van der Waals surface area contributed by atoms with Crippen LogP contribution in [0.4, 0.5) is 0 Å². The zero-order valence-electron chi connectivity index (χ0n) is 12.2. The lowest BCUT2D eigenvalue weighted by atomic mass is 9.90. The summed E-state index contributed by atoms with van der Waals surface area (Å²) in [5.74, 6) is 0.918. The molecule has 2 nitrogen and oxygen atoms in total. The standard InChI is InChI=1S/C18H20O2/c1-11-7-10-17(20-3)12(2)18(11)15-6-4-5-14-13(15)8-9-16(14)19/h4-7,10,16,19H,8-9H2,1-3H3. The van der Waals surface area contributed by atoms with Crippen molar-refractivity contribution in [3.05, 3.63) is 52.6 Å². The van der Waals surface area contributed by atoms with Crippen LogP contribution in [0.2, 0.25) is 0 Å². The predicted molar refractivity (Wildman–Crippen MR) is 81.2 cm³/mol. The molecule has 0 bridgehead atoms. The second kappa shape index (κ2) is 4.95. The van der Waals surface area contributed by atoms with Crippen LogP contribution in [0.25, 0.3) is 11.1 Å². The molecular weight excluding hydrogens is 248 g/mol. The molecule has 2 aromatic rings. The first-order valence-electron chi connectivity index (χ1n) is 7.08. The van der Waals surface area contributed by atoms with Gasteiger partial charge in [0.15, 0.2) is 0 Å². The van der Waals surface area contributed by atoms with E-state index in [2.05, 4.69) is 26.0 Å². The highest BCUT2D eigenvalue weighted by atomic mass is 16.5. The van der Waals surface area contributed by atoms with Gasteiger partial charge in [-0.15, -0.1) is 0 Å². The van der Waals surface area contributed by atoms with Gasteiger partial charge in [-0.3, -0.25) is 0 Å². The maximum atomic E-state index is 10.1. The topological polar surface area (TPSA) is 29.5 Å². The van der Waals surface area contributed by atoms with Gasteiger partial charge in [0.05, 0.1) is 13.2 Å². The number of ether oxygens (including phenoxy) is 1. The molecule has 2 aromatic carbocycles. The second-order valence-electron chi connectivity index (χ2n) is 5.51. The lowest BCUT2D eigenvalue weighted by Crippen LogP contribution is -1.97. The van der Waals surface area contributed by atoms with E-state index in [1.165, 1.54) is 27.8 Å². The van der Waals surface area contributed by atoms with Crippen molar-refractivity contribution in [2.75, 3.05) is 7.11 Å². The van der Waals surface area contributed by atoms with Crippen molar-refractivity contribution in [3.8, 4) is 16.9 Å². The van der Waals surface area contributed by atoms with Gasteiger partial charge in [0, 0.05) is 0 Å². The number of aliphatic hydroxyl groups excluding tert-OH is 1. The summed E-state index contributed by atoms with van der Waals surface area (Å²) in [5, 5.41) is 10.1. The molecule has 0 saturated carbocycles. The summed E-state index contributed by atoms with van der Waals surface area (Å²) in [5.41, 5.74) is 7.28. The number of aryl methyl sites for hydroxylation is 1. The fourth-order valence-electron chi connectivity index (χ4n) is 3.33. The molecule has 0 radical (unpaired) electrons. The summed E-state index contributed by atoms with van der Waals surface area (Å²) in [7, 11) is 1.71. The SMILES string of the molecule is COc1ccc(C)c(-c2cccc3c2CCC3O)c1C. The van der Waals surface area contributed by atoms with Crippen molar-refractivity contribution >= 4 is 0 Å². The molecule has 3 rings (SSSR count). The lowest BCUT2D eigenvalue weighted by Gasteiger charge is -2.17. The zero-order valence-corrected chi connectivity index (χ0v) is 12.2. The number of rotatable bonds is 2. The molecule has 0 fully saturated rings. The van der Waals surface area contributed by atoms with E-state index in [1.807, 2.05) is 18.2 Å². The average molecular weight is 268 g/mol. The van der Waals surface area contributed by atoms with Crippen LogP contribution in [0.1, 0.15) is 34.8 Å². The van der Waals surface area contributed by atoms with E-state index in [9.17, 15) is 5.11 Å². The molecule has 1 N–H and O–H groups in total. The summed E-state index contributed by atoms with van der Waals surface area (Å²) in [6, 6.07) is 10.4. The molecule has 2 heteroatoms. The molecule has 0 aliphatic heterocycles. The molecular formula is C18H20O2. The third-order valence-electron chi connectivity index (χ3n) is 4.35. The summed E-state index contributed by atoms with van der Waals surface area (Å²) in [4.78, 5) is 0. The number of fused-ring (bicyclic) bond motifs is 1. The van der Waals surface area contributed by atoms with Crippen molar-refractivity contribution in [1.82, 2.24) is 0 Å². The maximum absolute atomic E-state index is 10.1. The monoisotopic (exact) mass is 268 g/mol. The van der Waals surface area contributed by atoms with E-state index in [0.717, 1.165) is 24.2 Å². The minimum atomic E-state index is -0.309. The van der Waals surface area contributed by atoms with Crippen LogP contribution in [0.3, 0.4) is 0 Å². The molecule has 0 saturated heterocycles. The molecule has 0 heterocycles. The Hall–Kier alpha value is -1.80. The summed E-state index contributed by atoms with van der Waals surface area (Å²) < 4.78 is 5.45. The number of hydrogen-bond acceptors (Lipinski definition) is 2. The van der Waals surface area contributed by atoms with Gasteiger partial charge in [0.2, 0.25) is 0 Å². The van der Waals surface area contributed by atoms with Crippen molar-refractivity contribution in [2.45, 2.75) is 32.8 Å². The number of methoxy groups -OCH3 is 1. The van der Waals surface area contributed by atoms with Crippen molar-refractivity contribution < 1.29 is 9.84 Å². The average Bonchev–Trinajstić information content (AvgIpc) is 2.82. The molecule has 1 aliphatic carbocycles. The fraction of sp³-hybridized carbons (Fsp3) is 0.333. The van der Waals surface area contributed by atoms with Gasteiger partial charge in [0.25, 0.3) is 0 Å². The Morgan fingerprint density at radius 2 is 1.95 bits per heavy atom. The van der Waals surface area contributed by atoms with Gasteiger partial charge in [0.1, 0.15) is 5.75 Å². The summed E-state index contributed by atoms with van der Waals surface area (Å²) >= 11 is 0. The first kappa shape index (κ1) is 13.2. The van der Waals surface area contributed by atoms with Crippen LogP contribution < -0.4 is 4.74 Å². The van der Waals surface area contributed by atoms with Crippen molar-refractivity contribution in [1.29, 1.82) is 0 Å². The van der Waals surface area contributed by atoms with E-state index in [4.69, 9.17) is 4.74 Å². The molecule has 0 spiro atoms. The first-order chi connectivity index (χ1) is 9.63. The van der Waals surface area contributed by atoms with Crippen LogP contribution in [0, 0.1) is 13.8 Å². The fourth-order valence-corrected chi connectivity index (χ4v) is 3.33. The number of hydrogen-bond donors (Lipinski definition) is 1. The third-order valence-corrected chi connectivity index (χ3v) is 4.35. The Morgan fingerprint density at radius 3 is 2.70 bits per heavy atom. The third kappa shape index (κ3) is 1.92. The Kier molecular flexibility index (Phi) is 3.27. The largest absolute Gasteiger partial charge is 0.496 e. The molecule has 1 unspecified atom stereocenters. The second-order valence-corrected chi connectivity index (χ2v) is 5.51. The highest BCUT2D eigenvalue weighted by Crippen LogP contribution is 2.41. The molecule has 0 amide bonds. The van der Waals surface area contributed by atoms with Crippen molar-refractivity contribution in [3.63, 3.8) is 0 Å². The molecule has 1 atom stereocenters. The Morgan fingerprint density at radius 1 is 1.15 bits per heavy atom. The van der Waals surface area contributed by atoms with Crippen LogP contribution in [0.15, 0.2) is 30.3 Å². The van der Waals surface area contributed by atoms with Gasteiger partial charge in [-0.25, -0.2) is 0 Å². The van der Waals surface area contributed by atoms with E-state index in [-0.39, 0.29) is 6.10 Å². The Bertz CT molecular complexity index is 659. The molecule has 104 valence electrons. The first-order valence-corrected chi connectivity index (χ1v) is 7.08.